The Morgan fingerprint density at radius 1 is 1.38 bits per heavy atom. The van der Waals surface area contributed by atoms with E-state index in [1.807, 2.05) is 11.4 Å². The van der Waals surface area contributed by atoms with Crippen LogP contribution in [-0.2, 0) is 12.4 Å². The average Bonchev–Trinajstić information content (AvgIpc) is 2.97. The van der Waals surface area contributed by atoms with Gasteiger partial charge in [-0.05, 0) is 24.9 Å². The Balaban J connectivity index is 1.82. The fraction of sp³-hybridized carbons (Fsp3) is 0.438. The maximum atomic E-state index is 9.81. The second-order valence-corrected chi connectivity index (χ2v) is 6.59. The van der Waals surface area contributed by atoms with Crippen LogP contribution in [-0.4, -0.2) is 34.2 Å². The lowest BCUT2D eigenvalue weighted by molar-refractivity contribution is 0.0669. The van der Waals surface area contributed by atoms with E-state index in [9.17, 15) is 5.11 Å². The molecule has 21 heavy (non-hydrogen) atoms. The SMILES string of the molecule is OC1CCCN(Cc2ccccc2-c2nc(CCl)cs2)C1. The van der Waals surface area contributed by atoms with Crippen molar-refractivity contribution in [1.29, 1.82) is 0 Å². The smallest absolute Gasteiger partial charge is 0.123 e. The largest absolute Gasteiger partial charge is 0.392 e. The maximum absolute atomic E-state index is 9.81. The highest BCUT2D eigenvalue weighted by molar-refractivity contribution is 7.13. The van der Waals surface area contributed by atoms with Crippen LogP contribution in [0.1, 0.15) is 24.1 Å². The zero-order valence-electron chi connectivity index (χ0n) is 11.8. The van der Waals surface area contributed by atoms with Gasteiger partial charge in [-0.2, -0.15) is 0 Å². The number of hydrogen-bond acceptors (Lipinski definition) is 4. The van der Waals surface area contributed by atoms with Gasteiger partial charge in [0, 0.05) is 24.0 Å². The van der Waals surface area contributed by atoms with Gasteiger partial charge in [-0.15, -0.1) is 22.9 Å². The average molecular weight is 323 g/mol. The molecule has 0 radical (unpaired) electrons. The van der Waals surface area contributed by atoms with Crippen LogP contribution in [0.15, 0.2) is 29.6 Å². The Bertz CT molecular complexity index is 601. The number of aliphatic hydroxyl groups is 1. The van der Waals surface area contributed by atoms with E-state index < -0.39 is 0 Å². The van der Waals surface area contributed by atoms with Crippen LogP contribution in [0.25, 0.3) is 10.6 Å². The van der Waals surface area contributed by atoms with E-state index in [0.29, 0.717) is 5.88 Å². The highest BCUT2D eigenvalue weighted by Crippen LogP contribution is 2.29. The molecule has 2 aromatic rings. The lowest BCUT2D eigenvalue weighted by atomic mass is 10.0. The van der Waals surface area contributed by atoms with Crippen LogP contribution >= 0.6 is 22.9 Å². The van der Waals surface area contributed by atoms with Crippen molar-refractivity contribution in [1.82, 2.24) is 9.88 Å². The summed E-state index contributed by atoms with van der Waals surface area (Å²) in [5.74, 6) is 0.455. The number of rotatable bonds is 4. The standard InChI is InChI=1S/C16H19ClN2OS/c17-8-13-11-21-16(18-13)15-6-2-1-4-12(15)9-19-7-3-5-14(20)10-19/h1-2,4,6,11,14,20H,3,5,7-10H2. The van der Waals surface area contributed by atoms with E-state index in [4.69, 9.17) is 11.6 Å². The van der Waals surface area contributed by atoms with Gasteiger partial charge < -0.3 is 5.11 Å². The summed E-state index contributed by atoms with van der Waals surface area (Å²) in [5, 5.41) is 12.9. The normalized spacial score (nSPS) is 19.8. The van der Waals surface area contributed by atoms with Crippen molar-refractivity contribution in [3.8, 4) is 10.6 Å². The van der Waals surface area contributed by atoms with Crippen molar-refractivity contribution in [2.75, 3.05) is 13.1 Å². The molecule has 5 heteroatoms. The lowest BCUT2D eigenvalue weighted by Gasteiger charge is -2.30. The number of halogens is 1. The van der Waals surface area contributed by atoms with E-state index >= 15 is 0 Å². The number of hydrogen-bond donors (Lipinski definition) is 1. The van der Waals surface area contributed by atoms with Crippen LogP contribution in [0.3, 0.4) is 0 Å². The third-order valence-corrected chi connectivity index (χ3v) is 5.01. The van der Waals surface area contributed by atoms with Crippen LogP contribution in [0, 0.1) is 0 Å². The first-order chi connectivity index (χ1) is 10.3. The summed E-state index contributed by atoms with van der Waals surface area (Å²) >= 11 is 7.49. The zero-order valence-corrected chi connectivity index (χ0v) is 13.4. The van der Waals surface area contributed by atoms with Gasteiger partial charge in [-0.3, -0.25) is 4.90 Å². The number of thiazole rings is 1. The molecule has 0 saturated carbocycles. The van der Waals surface area contributed by atoms with Crippen molar-refractivity contribution in [3.63, 3.8) is 0 Å². The Labute approximate surface area is 134 Å². The Hall–Kier alpha value is -0.940. The van der Waals surface area contributed by atoms with Crippen molar-refractivity contribution >= 4 is 22.9 Å². The van der Waals surface area contributed by atoms with Gasteiger partial charge >= 0.3 is 0 Å². The van der Waals surface area contributed by atoms with Gasteiger partial charge in [0.15, 0.2) is 0 Å². The molecule has 3 rings (SSSR count). The number of piperidine rings is 1. The molecular formula is C16H19ClN2OS. The van der Waals surface area contributed by atoms with E-state index in [2.05, 4.69) is 28.1 Å². The number of nitrogens with zero attached hydrogens (tertiary/aromatic N) is 2. The van der Waals surface area contributed by atoms with Crippen molar-refractivity contribution in [2.45, 2.75) is 31.4 Å². The molecule has 0 bridgehead atoms. The topological polar surface area (TPSA) is 36.4 Å². The molecule has 1 aliphatic rings. The van der Waals surface area contributed by atoms with Crippen LogP contribution < -0.4 is 0 Å². The molecule has 112 valence electrons. The van der Waals surface area contributed by atoms with Crippen LogP contribution in [0.4, 0.5) is 0 Å². The summed E-state index contributed by atoms with van der Waals surface area (Å²) in [6, 6.07) is 8.38. The predicted molar refractivity (Wildman–Crippen MR) is 87.6 cm³/mol. The first-order valence-corrected chi connectivity index (χ1v) is 8.66. The number of β-amino-alcohol motifs (C(OH)–C–C–N with tert-alkyl or cyclic N) is 1. The van der Waals surface area contributed by atoms with Gasteiger partial charge in [0.05, 0.1) is 17.7 Å². The molecule has 1 saturated heterocycles. The lowest BCUT2D eigenvalue weighted by Crippen LogP contribution is -2.37. The van der Waals surface area contributed by atoms with Crippen molar-refractivity contribution in [2.24, 2.45) is 0 Å². The highest BCUT2D eigenvalue weighted by Gasteiger charge is 2.19. The summed E-state index contributed by atoms with van der Waals surface area (Å²) in [6.07, 6.45) is 1.80. The molecule has 1 atom stereocenters. The first-order valence-electron chi connectivity index (χ1n) is 7.25. The molecule has 1 N–H and O–H groups in total. The summed E-state index contributed by atoms with van der Waals surface area (Å²) in [6.45, 7) is 2.68. The first kappa shape index (κ1) is 15.0. The number of likely N-dealkylation sites (tertiary alicyclic amines) is 1. The Kier molecular flexibility index (Phi) is 4.91. The second kappa shape index (κ2) is 6.88. The molecule has 3 nitrogen and oxygen atoms in total. The molecule has 0 aliphatic carbocycles. The molecule has 1 aliphatic heterocycles. The van der Waals surface area contributed by atoms with Gasteiger partial charge in [0.25, 0.3) is 0 Å². The molecule has 0 amide bonds. The number of alkyl halides is 1. The second-order valence-electron chi connectivity index (χ2n) is 5.47. The van der Waals surface area contributed by atoms with Gasteiger partial charge in [0.2, 0.25) is 0 Å². The minimum Gasteiger partial charge on any atom is -0.392 e. The summed E-state index contributed by atoms with van der Waals surface area (Å²) in [5.41, 5.74) is 3.38. The van der Waals surface area contributed by atoms with Gasteiger partial charge in [-0.25, -0.2) is 4.98 Å². The molecular weight excluding hydrogens is 304 g/mol. The Morgan fingerprint density at radius 2 is 2.24 bits per heavy atom. The van der Waals surface area contributed by atoms with E-state index in [1.54, 1.807) is 11.3 Å². The molecule has 0 spiro atoms. The van der Waals surface area contributed by atoms with Crippen molar-refractivity contribution < 1.29 is 5.11 Å². The highest BCUT2D eigenvalue weighted by atomic mass is 35.5. The van der Waals surface area contributed by atoms with Crippen LogP contribution in [0.2, 0.25) is 0 Å². The fourth-order valence-electron chi connectivity index (χ4n) is 2.77. The Morgan fingerprint density at radius 3 is 3.00 bits per heavy atom. The van der Waals surface area contributed by atoms with E-state index in [1.165, 1.54) is 11.1 Å². The summed E-state index contributed by atoms with van der Waals surface area (Å²) in [7, 11) is 0. The van der Waals surface area contributed by atoms with E-state index in [0.717, 1.165) is 43.2 Å². The summed E-state index contributed by atoms with van der Waals surface area (Å²) in [4.78, 5) is 6.91. The number of benzene rings is 1. The van der Waals surface area contributed by atoms with Gasteiger partial charge in [-0.1, -0.05) is 24.3 Å². The molecule has 1 fully saturated rings. The molecule has 2 heterocycles. The van der Waals surface area contributed by atoms with Gasteiger partial charge in [0.1, 0.15) is 5.01 Å². The quantitative estimate of drug-likeness (QED) is 0.875. The third kappa shape index (κ3) is 3.64. The number of aliphatic hydroxyl groups excluding tert-OH is 1. The predicted octanol–water partition coefficient (Wildman–Crippen LogP) is 3.51. The van der Waals surface area contributed by atoms with Crippen LogP contribution in [0.5, 0.6) is 0 Å². The van der Waals surface area contributed by atoms with E-state index in [-0.39, 0.29) is 6.10 Å². The minimum absolute atomic E-state index is 0.186. The van der Waals surface area contributed by atoms with Crippen molar-refractivity contribution in [3.05, 3.63) is 40.9 Å². The molecule has 1 unspecified atom stereocenters. The molecule has 1 aromatic heterocycles. The maximum Gasteiger partial charge on any atom is 0.123 e. The number of aromatic nitrogens is 1. The minimum atomic E-state index is -0.186. The summed E-state index contributed by atoms with van der Waals surface area (Å²) < 4.78 is 0. The third-order valence-electron chi connectivity index (χ3n) is 3.81. The fourth-order valence-corrected chi connectivity index (χ4v) is 3.88. The monoisotopic (exact) mass is 322 g/mol. The zero-order chi connectivity index (χ0) is 14.7. The molecule has 1 aromatic carbocycles.